The molecule has 3 N–H and O–H groups in total. The number of benzene rings is 2. The normalized spacial score (nSPS) is 10.0. The second kappa shape index (κ2) is 7.30. The van der Waals surface area contributed by atoms with E-state index in [4.69, 9.17) is 0 Å². The van der Waals surface area contributed by atoms with Crippen molar-refractivity contribution < 1.29 is 19.6 Å². The zero-order valence-electron chi connectivity index (χ0n) is 13.5. The maximum atomic E-state index is 12.1. The maximum absolute atomic E-state index is 12.1. The smallest absolute Gasteiger partial charge is 0.293 e. The van der Waals surface area contributed by atoms with E-state index in [9.17, 15) is 24.8 Å². The number of amides is 2. The zero-order valence-corrected chi connectivity index (χ0v) is 13.5. The molecule has 2 aromatic rings. The molecular weight excluding hydrogens is 328 g/mol. The molecule has 0 heterocycles. The van der Waals surface area contributed by atoms with Gasteiger partial charge in [0.05, 0.1) is 10.5 Å². The van der Waals surface area contributed by atoms with Gasteiger partial charge in [-0.25, -0.2) is 0 Å². The summed E-state index contributed by atoms with van der Waals surface area (Å²) in [5.41, 5.74) is 4.41. The number of nitro benzene ring substituents is 1. The Labute approximate surface area is 143 Å². The minimum Gasteiger partial charge on any atom is -0.507 e. The first kappa shape index (κ1) is 17.7. The van der Waals surface area contributed by atoms with Crippen molar-refractivity contribution in [3.8, 4) is 5.75 Å². The van der Waals surface area contributed by atoms with Gasteiger partial charge < -0.3 is 10.0 Å². The number of hydrogen-bond acceptors (Lipinski definition) is 6. The van der Waals surface area contributed by atoms with Crippen molar-refractivity contribution in [2.45, 2.75) is 0 Å². The number of nitrogens with one attached hydrogen (secondary N) is 2. The number of phenolic OH excluding ortho intramolecular Hbond substituents is 1. The van der Waals surface area contributed by atoms with Crippen LogP contribution in [0, 0.1) is 10.1 Å². The Bertz CT molecular complexity index is 835. The maximum Gasteiger partial charge on any atom is 0.293 e. The molecule has 0 aliphatic carbocycles. The molecule has 130 valence electrons. The topological polar surface area (TPSA) is 125 Å². The fourth-order valence-corrected chi connectivity index (χ4v) is 2.11. The Kier molecular flexibility index (Phi) is 5.18. The number of para-hydroxylation sites is 1. The first-order chi connectivity index (χ1) is 11.8. The van der Waals surface area contributed by atoms with E-state index in [1.54, 1.807) is 31.1 Å². The van der Waals surface area contributed by atoms with Gasteiger partial charge in [0.2, 0.25) is 0 Å². The molecule has 0 radical (unpaired) electrons. The van der Waals surface area contributed by atoms with E-state index < -0.39 is 16.7 Å². The molecule has 0 spiro atoms. The first-order valence-electron chi connectivity index (χ1n) is 7.15. The highest BCUT2D eigenvalue weighted by Crippen LogP contribution is 2.27. The van der Waals surface area contributed by atoms with Crippen LogP contribution in [0.15, 0.2) is 42.5 Å². The van der Waals surface area contributed by atoms with Crippen LogP contribution >= 0.6 is 0 Å². The first-order valence-corrected chi connectivity index (χ1v) is 7.15. The molecule has 2 aromatic carbocycles. The summed E-state index contributed by atoms with van der Waals surface area (Å²) in [6, 6.07) is 9.79. The number of nitrogens with zero attached hydrogens (tertiary/aromatic N) is 2. The summed E-state index contributed by atoms with van der Waals surface area (Å²) >= 11 is 0. The Hall–Kier alpha value is -3.62. The van der Waals surface area contributed by atoms with Crippen molar-refractivity contribution in [2.24, 2.45) is 0 Å². The van der Waals surface area contributed by atoms with Crippen molar-refractivity contribution in [3.05, 3.63) is 63.7 Å². The van der Waals surface area contributed by atoms with Gasteiger partial charge in [0.25, 0.3) is 17.5 Å². The van der Waals surface area contributed by atoms with Gasteiger partial charge in [-0.15, -0.1) is 0 Å². The number of nitro groups is 1. The van der Waals surface area contributed by atoms with Crippen LogP contribution in [-0.4, -0.2) is 35.9 Å². The Morgan fingerprint density at radius 2 is 1.72 bits per heavy atom. The lowest BCUT2D eigenvalue weighted by atomic mass is 10.1. The van der Waals surface area contributed by atoms with Crippen LogP contribution in [0.2, 0.25) is 0 Å². The van der Waals surface area contributed by atoms with E-state index in [-0.39, 0.29) is 22.6 Å². The predicted octanol–water partition coefficient (Wildman–Crippen LogP) is 1.44. The average Bonchev–Trinajstić information content (AvgIpc) is 2.59. The van der Waals surface area contributed by atoms with Gasteiger partial charge in [-0.2, -0.15) is 0 Å². The van der Waals surface area contributed by atoms with E-state index in [1.807, 2.05) is 0 Å². The van der Waals surface area contributed by atoms with Crippen LogP contribution in [0.5, 0.6) is 5.75 Å². The van der Waals surface area contributed by atoms with E-state index >= 15 is 0 Å². The summed E-state index contributed by atoms with van der Waals surface area (Å²) < 4.78 is 0. The fraction of sp³-hybridized carbons (Fsp3) is 0.125. The van der Waals surface area contributed by atoms with Gasteiger partial charge in [0.1, 0.15) is 11.4 Å². The van der Waals surface area contributed by atoms with Crippen LogP contribution in [0.1, 0.15) is 20.7 Å². The third kappa shape index (κ3) is 4.02. The molecule has 25 heavy (non-hydrogen) atoms. The largest absolute Gasteiger partial charge is 0.507 e. The molecule has 0 bridgehead atoms. The van der Waals surface area contributed by atoms with Gasteiger partial charge in [0, 0.05) is 25.7 Å². The Balaban J connectivity index is 2.13. The second-order valence-electron chi connectivity index (χ2n) is 5.28. The van der Waals surface area contributed by atoms with E-state index in [0.717, 1.165) is 6.07 Å². The fourth-order valence-electron chi connectivity index (χ4n) is 2.11. The van der Waals surface area contributed by atoms with Crippen LogP contribution in [-0.2, 0) is 0 Å². The van der Waals surface area contributed by atoms with Gasteiger partial charge in [-0.05, 0) is 24.3 Å². The SMILES string of the molecule is CN(C)c1ccc(C(=O)NNC(=O)c2ccccc2O)cc1[N+](=O)[O-]. The number of phenols is 1. The van der Waals surface area contributed by atoms with Crippen molar-refractivity contribution in [1.82, 2.24) is 10.9 Å². The molecule has 0 saturated carbocycles. The number of rotatable bonds is 4. The molecule has 9 nitrogen and oxygen atoms in total. The molecule has 0 aliphatic heterocycles. The highest BCUT2D eigenvalue weighted by molar-refractivity contribution is 6.00. The van der Waals surface area contributed by atoms with Crippen LogP contribution in [0.4, 0.5) is 11.4 Å². The number of carbonyl (C=O) groups excluding carboxylic acids is 2. The van der Waals surface area contributed by atoms with Crippen molar-refractivity contribution in [1.29, 1.82) is 0 Å². The predicted molar refractivity (Wildman–Crippen MR) is 90.5 cm³/mol. The minimum atomic E-state index is -0.725. The molecule has 2 amide bonds. The monoisotopic (exact) mass is 344 g/mol. The third-order valence-corrected chi connectivity index (χ3v) is 3.35. The van der Waals surface area contributed by atoms with Gasteiger partial charge in [0.15, 0.2) is 0 Å². The number of aromatic hydroxyl groups is 1. The number of anilines is 1. The molecule has 9 heteroatoms. The van der Waals surface area contributed by atoms with Crippen molar-refractivity contribution in [3.63, 3.8) is 0 Å². The van der Waals surface area contributed by atoms with E-state index in [2.05, 4.69) is 10.9 Å². The molecule has 0 aromatic heterocycles. The summed E-state index contributed by atoms with van der Waals surface area (Å²) in [5.74, 6) is -1.68. The standard InChI is InChI=1S/C16H16N4O5/c1-19(2)12-8-7-10(9-13(12)20(24)25)15(22)17-18-16(23)11-5-3-4-6-14(11)21/h3-9,21H,1-2H3,(H,17,22)(H,18,23). The van der Waals surface area contributed by atoms with Crippen molar-refractivity contribution in [2.75, 3.05) is 19.0 Å². The summed E-state index contributed by atoms with van der Waals surface area (Å²) in [6.45, 7) is 0. The number of hydrogen-bond donors (Lipinski definition) is 3. The Morgan fingerprint density at radius 3 is 2.32 bits per heavy atom. The Morgan fingerprint density at radius 1 is 1.08 bits per heavy atom. The summed E-state index contributed by atoms with van der Waals surface area (Å²) in [4.78, 5) is 36.1. The third-order valence-electron chi connectivity index (χ3n) is 3.35. The lowest BCUT2D eigenvalue weighted by molar-refractivity contribution is -0.384. The van der Waals surface area contributed by atoms with E-state index in [0.29, 0.717) is 5.69 Å². The number of carbonyl (C=O) groups is 2. The number of hydrazine groups is 1. The second-order valence-corrected chi connectivity index (χ2v) is 5.28. The minimum absolute atomic E-state index is 0.00915. The molecule has 0 unspecified atom stereocenters. The molecule has 0 saturated heterocycles. The van der Waals surface area contributed by atoms with Crippen LogP contribution in [0.25, 0.3) is 0 Å². The molecule has 0 aliphatic rings. The molecule has 0 atom stereocenters. The van der Waals surface area contributed by atoms with E-state index in [1.165, 1.54) is 24.3 Å². The van der Waals surface area contributed by atoms with Gasteiger partial charge in [-0.3, -0.25) is 30.6 Å². The van der Waals surface area contributed by atoms with Gasteiger partial charge in [-0.1, -0.05) is 12.1 Å². The molecule has 2 rings (SSSR count). The summed E-state index contributed by atoms with van der Waals surface area (Å²) in [5, 5.41) is 20.7. The summed E-state index contributed by atoms with van der Waals surface area (Å²) in [7, 11) is 3.29. The lowest BCUT2D eigenvalue weighted by Crippen LogP contribution is -2.41. The molecular formula is C16H16N4O5. The van der Waals surface area contributed by atoms with Crippen molar-refractivity contribution >= 4 is 23.2 Å². The highest BCUT2D eigenvalue weighted by Gasteiger charge is 2.19. The van der Waals surface area contributed by atoms with Gasteiger partial charge >= 0.3 is 0 Å². The van der Waals surface area contributed by atoms with Crippen LogP contribution in [0.3, 0.4) is 0 Å². The zero-order chi connectivity index (χ0) is 18.6. The lowest BCUT2D eigenvalue weighted by Gasteiger charge is -2.13. The quantitative estimate of drug-likeness (QED) is 0.569. The summed E-state index contributed by atoms with van der Waals surface area (Å²) in [6.07, 6.45) is 0. The highest BCUT2D eigenvalue weighted by atomic mass is 16.6. The van der Waals surface area contributed by atoms with Crippen LogP contribution < -0.4 is 15.8 Å². The average molecular weight is 344 g/mol. The molecule has 0 fully saturated rings.